The van der Waals surface area contributed by atoms with Gasteiger partial charge in [-0.1, -0.05) is 37.3 Å². The fourth-order valence-corrected chi connectivity index (χ4v) is 3.28. The van der Waals surface area contributed by atoms with E-state index in [0.29, 0.717) is 12.5 Å². The van der Waals surface area contributed by atoms with Crippen LogP contribution in [0, 0.1) is 5.92 Å². The Hall–Kier alpha value is -1.63. The Labute approximate surface area is 164 Å². The molecule has 0 bridgehead atoms. The fraction of sp³-hybridized carbons (Fsp3) is 0.667. The van der Waals surface area contributed by atoms with E-state index in [0.717, 1.165) is 51.7 Å². The van der Waals surface area contributed by atoms with Gasteiger partial charge in [-0.25, -0.2) is 0 Å². The first-order chi connectivity index (χ1) is 13.1. The summed E-state index contributed by atoms with van der Waals surface area (Å²) in [5.74, 6) is 1.25. The molecular weight excluding hydrogens is 340 g/mol. The number of nitrogens with one attached hydrogen (secondary N) is 2. The van der Waals surface area contributed by atoms with Gasteiger partial charge < -0.3 is 25.0 Å². The molecule has 0 radical (unpaired) electrons. The van der Waals surface area contributed by atoms with Crippen LogP contribution in [0.25, 0.3) is 0 Å². The molecular formula is C21H36N4O2. The Bertz CT molecular complexity index is 557. The molecule has 6 heteroatoms. The first kappa shape index (κ1) is 21.7. The van der Waals surface area contributed by atoms with Gasteiger partial charge in [-0.15, -0.1) is 0 Å². The van der Waals surface area contributed by atoms with Crippen LogP contribution < -0.4 is 10.6 Å². The number of ether oxygens (including phenoxy) is 2. The molecule has 2 rings (SSSR count). The lowest BCUT2D eigenvalue weighted by Gasteiger charge is -2.43. The van der Waals surface area contributed by atoms with Gasteiger partial charge in [0.15, 0.2) is 5.96 Å². The number of nitrogens with zero attached hydrogens (tertiary/aromatic N) is 2. The average molecular weight is 377 g/mol. The van der Waals surface area contributed by atoms with Crippen molar-refractivity contribution in [1.82, 2.24) is 15.5 Å². The molecule has 0 aliphatic carbocycles. The summed E-state index contributed by atoms with van der Waals surface area (Å²) in [7, 11) is 6.11. The van der Waals surface area contributed by atoms with Crippen LogP contribution in [0.1, 0.15) is 25.3 Å². The highest BCUT2D eigenvalue weighted by molar-refractivity contribution is 5.79. The highest BCUT2D eigenvalue weighted by Gasteiger charge is 2.34. The van der Waals surface area contributed by atoms with E-state index in [2.05, 4.69) is 53.7 Å². The summed E-state index contributed by atoms with van der Waals surface area (Å²) in [6.45, 7) is 6.90. The third-order valence-electron chi connectivity index (χ3n) is 5.31. The van der Waals surface area contributed by atoms with Gasteiger partial charge in [-0.05, 0) is 38.4 Å². The van der Waals surface area contributed by atoms with E-state index >= 15 is 0 Å². The van der Waals surface area contributed by atoms with Crippen LogP contribution in [0.4, 0.5) is 0 Å². The highest BCUT2D eigenvalue weighted by atomic mass is 16.5. The summed E-state index contributed by atoms with van der Waals surface area (Å²) in [5, 5.41) is 6.92. The molecule has 2 N–H and O–H groups in total. The van der Waals surface area contributed by atoms with Gasteiger partial charge in [-0.2, -0.15) is 0 Å². The van der Waals surface area contributed by atoms with Gasteiger partial charge in [0.2, 0.25) is 0 Å². The second kappa shape index (κ2) is 11.3. The topological polar surface area (TPSA) is 58.1 Å². The second-order valence-corrected chi connectivity index (χ2v) is 7.64. The molecule has 6 nitrogen and oxygen atoms in total. The maximum Gasteiger partial charge on any atom is 0.191 e. The van der Waals surface area contributed by atoms with Crippen LogP contribution in [-0.4, -0.2) is 70.5 Å². The standard InChI is InChI=1S/C21H36N4O2/c1-18(15-27-16-19-8-6-5-7-9-19)14-23-20(22-2)24-17-21(25(3)4)10-12-26-13-11-21/h5-9,18H,10-17H2,1-4H3,(H2,22,23,24). The van der Waals surface area contributed by atoms with E-state index in [1.807, 2.05) is 25.2 Å². The molecule has 0 spiro atoms. The SMILES string of the molecule is CN=C(NCC(C)COCc1ccccc1)NCC1(N(C)C)CCOCC1. The molecule has 0 saturated carbocycles. The van der Waals surface area contributed by atoms with Crippen molar-refractivity contribution in [1.29, 1.82) is 0 Å². The van der Waals surface area contributed by atoms with Crippen LogP contribution in [0.15, 0.2) is 35.3 Å². The summed E-state index contributed by atoms with van der Waals surface area (Å²) in [4.78, 5) is 6.68. The third-order valence-corrected chi connectivity index (χ3v) is 5.31. The maximum atomic E-state index is 5.83. The van der Waals surface area contributed by atoms with Crippen LogP contribution in [0.3, 0.4) is 0 Å². The van der Waals surface area contributed by atoms with Crippen molar-refractivity contribution in [2.75, 3.05) is 54.1 Å². The van der Waals surface area contributed by atoms with Crippen molar-refractivity contribution in [2.24, 2.45) is 10.9 Å². The largest absolute Gasteiger partial charge is 0.381 e. The normalized spacial score (nSPS) is 18.3. The molecule has 0 amide bonds. The van der Waals surface area contributed by atoms with E-state index in [4.69, 9.17) is 9.47 Å². The molecule has 1 fully saturated rings. The van der Waals surface area contributed by atoms with Gasteiger partial charge in [-0.3, -0.25) is 4.99 Å². The van der Waals surface area contributed by atoms with E-state index in [-0.39, 0.29) is 5.54 Å². The molecule has 152 valence electrons. The zero-order chi connectivity index (χ0) is 19.5. The molecule has 0 aromatic heterocycles. The lowest BCUT2D eigenvalue weighted by atomic mass is 9.88. The third kappa shape index (κ3) is 7.13. The van der Waals surface area contributed by atoms with E-state index in [1.165, 1.54) is 5.56 Å². The Morgan fingerprint density at radius 2 is 1.93 bits per heavy atom. The minimum atomic E-state index is 0.125. The first-order valence-corrected chi connectivity index (χ1v) is 9.87. The van der Waals surface area contributed by atoms with E-state index in [1.54, 1.807) is 0 Å². The predicted molar refractivity (Wildman–Crippen MR) is 111 cm³/mol. The number of likely N-dealkylation sites (N-methyl/N-ethyl adjacent to an activating group) is 1. The lowest BCUT2D eigenvalue weighted by molar-refractivity contribution is -0.00502. The van der Waals surface area contributed by atoms with Crippen molar-refractivity contribution in [3.8, 4) is 0 Å². The number of guanidine groups is 1. The number of hydrogen-bond acceptors (Lipinski definition) is 4. The Balaban J connectivity index is 1.69. The smallest absolute Gasteiger partial charge is 0.191 e. The molecule has 27 heavy (non-hydrogen) atoms. The quantitative estimate of drug-likeness (QED) is 0.511. The van der Waals surface area contributed by atoms with Gasteiger partial charge in [0, 0.05) is 38.9 Å². The monoisotopic (exact) mass is 376 g/mol. The van der Waals surface area contributed by atoms with Crippen LogP contribution >= 0.6 is 0 Å². The Morgan fingerprint density at radius 3 is 2.56 bits per heavy atom. The molecule has 1 atom stereocenters. The summed E-state index contributed by atoms with van der Waals surface area (Å²) in [6.07, 6.45) is 2.07. The minimum absolute atomic E-state index is 0.125. The van der Waals surface area contributed by atoms with Crippen molar-refractivity contribution in [3.05, 3.63) is 35.9 Å². The van der Waals surface area contributed by atoms with E-state index in [9.17, 15) is 0 Å². The number of rotatable bonds is 9. The summed E-state index contributed by atoms with van der Waals surface area (Å²) >= 11 is 0. The van der Waals surface area contributed by atoms with E-state index < -0.39 is 0 Å². The minimum Gasteiger partial charge on any atom is -0.381 e. The lowest BCUT2D eigenvalue weighted by Crippen LogP contribution is -2.57. The Kier molecular flexibility index (Phi) is 9.04. The van der Waals surface area contributed by atoms with Crippen molar-refractivity contribution in [2.45, 2.75) is 31.9 Å². The zero-order valence-electron chi connectivity index (χ0n) is 17.3. The fourth-order valence-electron chi connectivity index (χ4n) is 3.28. The van der Waals surface area contributed by atoms with Crippen molar-refractivity contribution in [3.63, 3.8) is 0 Å². The summed E-state index contributed by atoms with van der Waals surface area (Å²) in [5.41, 5.74) is 1.33. The van der Waals surface area contributed by atoms with Gasteiger partial charge in [0.05, 0.1) is 13.2 Å². The first-order valence-electron chi connectivity index (χ1n) is 9.87. The van der Waals surface area contributed by atoms with Gasteiger partial charge >= 0.3 is 0 Å². The number of aliphatic imine (C=N–C) groups is 1. The number of hydrogen-bond donors (Lipinski definition) is 2. The maximum absolute atomic E-state index is 5.83. The molecule has 1 aromatic carbocycles. The molecule has 1 aliphatic rings. The number of benzene rings is 1. The molecule has 1 saturated heterocycles. The molecule has 1 aromatic rings. The molecule has 1 unspecified atom stereocenters. The molecule has 1 aliphatic heterocycles. The Morgan fingerprint density at radius 1 is 1.22 bits per heavy atom. The van der Waals surface area contributed by atoms with Gasteiger partial charge in [0.25, 0.3) is 0 Å². The summed E-state index contributed by atoms with van der Waals surface area (Å²) < 4.78 is 11.4. The van der Waals surface area contributed by atoms with Gasteiger partial charge in [0.1, 0.15) is 0 Å². The molecule has 1 heterocycles. The highest BCUT2D eigenvalue weighted by Crippen LogP contribution is 2.24. The van der Waals surface area contributed by atoms with Crippen LogP contribution in [-0.2, 0) is 16.1 Å². The van der Waals surface area contributed by atoms with Crippen LogP contribution in [0.2, 0.25) is 0 Å². The summed E-state index contributed by atoms with van der Waals surface area (Å²) in [6, 6.07) is 10.3. The van der Waals surface area contributed by atoms with Crippen molar-refractivity contribution < 1.29 is 9.47 Å². The average Bonchev–Trinajstić information content (AvgIpc) is 2.69. The van der Waals surface area contributed by atoms with Crippen LogP contribution in [0.5, 0.6) is 0 Å². The predicted octanol–water partition coefficient (Wildman–Crippen LogP) is 2.12. The zero-order valence-corrected chi connectivity index (χ0v) is 17.3. The second-order valence-electron chi connectivity index (χ2n) is 7.64. The van der Waals surface area contributed by atoms with Crippen molar-refractivity contribution >= 4 is 5.96 Å².